The van der Waals surface area contributed by atoms with Gasteiger partial charge in [0, 0.05) is 6.07 Å². The van der Waals surface area contributed by atoms with Crippen LogP contribution in [0.5, 0.6) is 5.75 Å². The van der Waals surface area contributed by atoms with Crippen molar-refractivity contribution in [1.82, 2.24) is 0 Å². The second-order valence-electron chi connectivity index (χ2n) is 3.98. The van der Waals surface area contributed by atoms with E-state index in [-0.39, 0.29) is 25.1 Å². The van der Waals surface area contributed by atoms with Gasteiger partial charge in [0.2, 0.25) is 0 Å². The van der Waals surface area contributed by atoms with Gasteiger partial charge in [-0.25, -0.2) is 4.79 Å². The van der Waals surface area contributed by atoms with Gasteiger partial charge >= 0.3 is 5.97 Å². The molecule has 1 N–H and O–H groups in total. The van der Waals surface area contributed by atoms with Crippen molar-refractivity contribution >= 4 is 11.7 Å². The molecule has 0 unspecified atom stereocenters. The molecule has 0 aromatic heterocycles. The van der Waals surface area contributed by atoms with Crippen molar-refractivity contribution < 1.29 is 24.3 Å². The summed E-state index contributed by atoms with van der Waals surface area (Å²) in [6.07, 6.45) is 0.0349. The molecule has 0 fully saturated rings. The van der Waals surface area contributed by atoms with Gasteiger partial charge in [0.1, 0.15) is 12.4 Å². The third-order valence-corrected chi connectivity index (χ3v) is 2.21. The number of carbonyl (C=O) groups is 1. The number of benzene rings is 1. The molecule has 1 rings (SSSR count). The molecule has 1 aromatic carbocycles. The van der Waals surface area contributed by atoms with Crippen LogP contribution in [-0.2, 0) is 4.74 Å². The SMILES string of the molecule is CC(C)OCCOc1cccc([N+](=O)[O-])c1C(=O)O. The lowest BCUT2D eigenvalue weighted by molar-refractivity contribution is -0.385. The third-order valence-electron chi connectivity index (χ3n) is 2.21. The van der Waals surface area contributed by atoms with E-state index in [4.69, 9.17) is 14.6 Å². The van der Waals surface area contributed by atoms with Crippen LogP contribution in [0.25, 0.3) is 0 Å². The summed E-state index contributed by atoms with van der Waals surface area (Å²) in [4.78, 5) is 21.1. The van der Waals surface area contributed by atoms with Crippen molar-refractivity contribution in [2.45, 2.75) is 20.0 Å². The van der Waals surface area contributed by atoms with Gasteiger partial charge in [-0.05, 0) is 19.9 Å². The topological polar surface area (TPSA) is 98.9 Å². The fourth-order valence-corrected chi connectivity index (χ4v) is 1.44. The summed E-state index contributed by atoms with van der Waals surface area (Å²) in [5.41, 5.74) is -0.938. The van der Waals surface area contributed by atoms with E-state index in [1.165, 1.54) is 12.1 Å². The minimum Gasteiger partial charge on any atom is -0.490 e. The minimum atomic E-state index is -1.40. The fourth-order valence-electron chi connectivity index (χ4n) is 1.44. The van der Waals surface area contributed by atoms with Crippen molar-refractivity contribution in [3.8, 4) is 5.75 Å². The Labute approximate surface area is 109 Å². The molecular weight excluding hydrogens is 254 g/mol. The molecule has 0 aliphatic rings. The standard InChI is InChI=1S/C12H15NO6/c1-8(2)18-6-7-19-10-5-3-4-9(13(16)17)11(10)12(14)15/h3-5,8H,6-7H2,1-2H3,(H,14,15). The van der Waals surface area contributed by atoms with Crippen LogP contribution in [0.3, 0.4) is 0 Å². The largest absolute Gasteiger partial charge is 0.490 e. The highest BCUT2D eigenvalue weighted by molar-refractivity contribution is 5.95. The van der Waals surface area contributed by atoms with Gasteiger partial charge in [0.15, 0.2) is 5.56 Å². The maximum atomic E-state index is 11.1. The van der Waals surface area contributed by atoms with Gasteiger partial charge in [-0.15, -0.1) is 0 Å². The van der Waals surface area contributed by atoms with E-state index in [1.807, 2.05) is 13.8 Å². The van der Waals surface area contributed by atoms with Crippen LogP contribution in [0, 0.1) is 10.1 Å². The number of nitrogens with zero attached hydrogens (tertiary/aromatic N) is 1. The van der Waals surface area contributed by atoms with Crippen LogP contribution in [0.15, 0.2) is 18.2 Å². The average Bonchev–Trinajstić information content (AvgIpc) is 2.33. The van der Waals surface area contributed by atoms with Crippen molar-refractivity contribution in [2.24, 2.45) is 0 Å². The zero-order valence-electron chi connectivity index (χ0n) is 10.7. The number of nitro groups is 1. The van der Waals surface area contributed by atoms with E-state index < -0.39 is 22.1 Å². The number of carboxylic acid groups (broad SMARTS) is 1. The first-order valence-electron chi connectivity index (χ1n) is 5.68. The van der Waals surface area contributed by atoms with Gasteiger partial charge in [-0.1, -0.05) is 6.07 Å². The molecule has 104 valence electrons. The predicted molar refractivity (Wildman–Crippen MR) is 66.6 cm³/mol. The first-order chi connectivity index (χ1) is 8.93. The highest BCUT2D eigenvalue weighted by Crippen LogP contribution is 2.28. The molecule has 0 bridgehead atoms. The molecule has 0 spiro atoms. The Morgan fingerprint density at radius 3 is 2.63 bits per heavy atom. The number of aromatic carboxylic acids is 1. The van der Waals surface area contributed by atoms with Crippen molar-refractivity contribution in [2.75, 3.05) is 13.2 Å². The Hall–Kier alpha value is -2.15. The summed E-state index contributed by atoms with van der Waals surface area (Å²) in [7, 11) is 0. The van der Waals surface area contributed by atoms with Crippen molar-refractivity contribution in [1.29, 1.82) is 0 Å². The Morgan fingerprint density at radius 1 is 1.42 bits per heavy atom. The number of carboxylic acids is 1. The summed E-state index contributed by atoms with van der Waals surface area (Å²) < 4.78 is 10.5. The summed E-state index contributed by atoms with van der Waals surface area (Å²) in [5, 5.41) is 19.8. The smallest absolute Gasteiger partial charge is 0.346 e. The lowest BCUT2D eigenvalue weighted by atomic mass is 10.1. The molecule has 0 saturated heterocycles. The van der Waals surface area contributed by atoms with Gasteiger partial charge in [0.25, 0.3) is 5.69 Å². The van der Waals surface area contributed by atoms with Gasteiger partial charge in [0.05, 0.1) is 17.6 Å². The van der Waals surface area contributed by atoms with Crippen LogP contribution < -0.4 is 4.74 Å². The highest BCUT2D eigenvalue weighted by Gasteiger charge is 2.24. The van der Waals surface area contributed by atoms with Crippen molar-refractivity contribution in [3.63, 3.8) is 0 Å². The summed E-state index contributed by atoms with van der Waals surface area (Å²) >= 11 is 0. The van der Waals surface area contributed by atoms with Crippen LogP contribution in [0.1, 0.15) is 24.2 Å². The van der Waals surface area contributed by atoms with Crippen LogP contribution in [0.4, 0.5) is 5.69 Å². The molecular formula is C12H15NO6. The fraction of sp³-hybridized carbons (Fsp3) is 0.417. The number of nitro benzene ring substituents is 1. The Morgan fingerprint density at radius 2 is 2.11 bits per heavy atom. The Kier molecular flexibility index (Phi) is 5.25. The number of ether oxygens (including phenoxy) is 2. The zero-order chi connectivity index (χ0) is 14.4. The maximum Gasteiger partial charge on any atom is 0.346 e. The van der Waals surface area contributed by atoms with E-state index in [0.717, 1.165) is 6.07 Å². The summed E-state index contributed by atoms with van der Waals surface area (Å²) in [6, 6.07) is 3.88. The lowest BCUT2D eigenvalue weighted by Gasteiger charge is -2.11. The molecule has 0 saturated carbocycles. The Balaban J connectivity index is 2.85. The molecule has 0 aliphatic heterocycles. The van der Waals surface area contributed by atoms with Gasteiger partial charge in [-0.2, -0.15) is 0 Å². The Bertz CT molecular complexity index is 471. The van der Waals surface area contributed by atoms with E-state index in [1.54, 1.807) is 0 Å². The molecule has 7 nitrogen and oxygen atoms in total. The normalized spacial score (nSPS) is 10.5. The molecule has 0 aliphatic carbocycles. The molecule has 0 radical (unpaired) electrons. The van der Waals surface area contributed by atoms with Gasteiger partial charge in [-0.3, -0.25) is 10.1 Å². The van der Waals surface area contributed by atoms with E-state index in [0.29, 0.717) is 0 Å². The number of hydrogen-bond donors (Lipinski definition) is 1. The van der Waals surface area contributed by atoms with Crippen LogP contribution >= 0.6 is 0 Å². The second kappa shape index (κ2) is 6.69. The highest BCUT2D eigenvalue weighted by atomic mass is 16.6. The summed E-state index contributed by atoms with van der Waals surface area (Å²) in [5.74, 6) is -1.43. The monoisotopic (exact) mass is 269 g/mol. The van der Waals surface area contributed by atoms with E-state index >= 15 is 0 Å². The number of rotatable bonds is 7. The minimum absolute atomic E-state index is 0.0333. The molecule has 0 heterocycles. The summed E-state index contributed by atoms with van der Waals surface area (Å²) in [6.45, 7) is 4.12. The zero-order valence-corrected chi connectivity index (χ0v) is 10.7. The molecule has 0 atom stereocenters. The second-order valence-corrected chi connectivity index (χ2v) is 3.98. The molecule has 19 heavy (non-hydrogen) atoms. The molecule has 1 aromatic rings. The first kappa shape index (κ1) is 14.9. The van der Waals surface area contributed by atoms with Gasteiger partial charge < -0.3 is 14.6 Å². The quantitative estimate of drug-likeness (QED) is 0.462. The van der Waals surface area contributed by atoms with Crippen LogP contribution in [0.2, 0.25) is 0 Å². The van der Waals surface area contributed by atoms with Crippen molar-refractivity contribution in [3.05, 3.63) is 33.9 Å². The molecule has 7 heteroatoms. The van der Waals surface area contributed by atoms with Crippen LogP contribution in [-0.4, -0.2) is 35.3 Å². The first-order valence-corrected chi connectivity index (χ1v) is 5.68. The number of hydrogen-bond acceptors (Lipinski definition) is 5. The average molecular weight is 269 g/mol. The van der Waals surface area contributed by atoms with E-state index in [2.05, 4.69) is 0 Å². The molecule has 0 amide bonds. The maximum absolute atomic E-state index is 11.1. The lowest BCUT2D eigenvalue weighted by Crippen LogP contribution is -2.13. The predicted octanol–water partition coefficient (Wildman–Crippen LogP) is 2.10. The van der Waals surface area contributed by atoms with E-state index in [9.17, 15) is 14.9 Å². The third kappa shape index (κ3) is 4.22.